The average molecular weight is 355 g/mol. The number of nitrogens with zero attached hydrogens (tertiary/aromatic N) is 5. The lowest BCUT2D eigenvalue weighted by molar-refractivity contribution is 0.626. The fraction of sp³-hybridized carbons (Fsp3) is 0.125. The molecular formula is C16H14FN7S. The predicted molar refractivity (Wildman–Crippen MR) is 95.3 cm³/mol. The third-order valence-corrected chi connectivity index (χ3v) is 4.63. The zero-order valence-corrected chi connectivity index (χ0v) is 13.9. The maximum Gasteiger partial charge on any atom is 0.181 e. The van der Waals surface area contributed by atoms with Crippen LogP contribution >= 0.6 is 11.3 Å². The van der Waals surface area contributed by atoms with Crippen molar-refractivity contribution in [3.63, 3.8) is 0 Å². The van der Waals surface area contributed by atoms with Crippen LogP contribution in [0.5, 0.6) is 0 Å². The molecule has 0 aliphatic heterocycles. The highest BCUT2D eigenvalue weighted by Crippen LogP contribution is 2.37. The van der Waals surface area contributed by atoms with Gasteiger partial charge in [-0.05, 0) is 18.2 Å². The number of aromatic nitrogens is 5. The summed E-state index contributed by atoms with van der Waals surface area (Å²) in [7, 11) is 0. The van der Waals surface area contributed by atoms with Crippen LogP contribution in [0.1, 0.15) is 0 Å². The summed E-state index contributed by atoms with van der Waals surface area (Å²) in [5.74, 6) is -0.429. The van der Waals surface area contributed by atoms with E-state index >= 15 is 0 Å². The molecule has 0 saturated carbocycles. The molecule has 0 radical (unpaired) electrons. The van der Waals surface area contributed by atoms with Crippen molar-refractivity contribution in [3.8, 4) is 22.0 Å². The minimum absolute atomic E-state index is 0.212. The first-order valence-electron chi connectivity index (χ1n) is 7.56. The molecule has 0 aliphatic carbocycles. The smallest absolute Gasteiger partial charge is 0.181 e. The van der Waals surface area contributed by atoms with Gasteiger partial charge in [0, 0.05) is 19.3 Å². The number of hydrogen-bond donors (Lipinski definition) is 2. The summed E-state index contributed by atoms with van der Waals surface area (Å²) in [5, 5.41) is 0.326. The van der Waals surface area contributed by atoms with E-state index in [0.29, 0.717) is 34.5 Å². The number of imidazole rings is 1. The van der Waals surface area contributed by atoms with Gasteiger partial charge in [0.05, 0.1) is 28.6 Å². The molecule has 25 heavy (non-hydrogen) atoms. The van der Waals surface area contributed by atoms with Crippen LogP contribution < -0.4 is 11.5 Å². The normalized spacial score (nSPS) is 11.3. The minimum Gasteiger partial charge on any atom is -0.375 e. The summed E-state index contributed by atoms with van der Waals surface area (Å²) in [4.78, 5) is 17.7. The number of anilines is 1. The molecule has 4 heterocycles. The topological polar surface area (TPSA) is 109 Å². The number of nitrogens with two attached hydrogens (primary N) is 2. The lowest BCUT2D eigenvalue weighted by Crippen LogP contribution is -2.08. The van der Waals surface area contributed by atoms with Gasteiger partial charge in [-0.2, -0.15) is 0 Å². The van der Waals surface area contributed by atoms with E-state index in [2.05, 4.69) is 19.9 Å². The molecule has 4 aromatic heterocycles. The number of thiazole rings is 1. The van der Waals surface area contributed by atoms with E-state index in [1.165, 1.54) is 23.6 Å². The number of rotatable bonds is 4. The van der Waals surface area contributed by atoms with Gasteiger partial charge >= 0.3 is 0 Å². The van der Waals surface area contributed by atoms with Crippen LogP contribution in [0.4, 0.5) is 9.52 Å². The van der Waals surface area contributed by atoms with E-state index in [4.69, 9.17) is 11.5 Å². The van der Waals surface area contributed by atoms with E-state index in [-0.39, 0.29) is 5.69 Å². The lowest BCUT2D eigenvalue weighted by Gasteiger charge is -2.05. The van der Waals surface area contributed by atoms with Gasteiger partial charge in [0.25, 0.3) is 0 Å². The minimum atomic E-state index is -0.429. The van der Waals surface area contributed by atoms with Gasteiger partial charge in [-0.3, -0.25) is 9.97 Å². The summed E-state index contributed by atoms with van der Waals surface area (Å²) in [6.45, 7) is 1.14. The maximum atomic E-state index is 14.2. The standard InChI is InChI=1S/C16H14FN7S/c17-9-2-1-4-20-13(9)15-14(23-16(19)25-15)10-6-12-11(7-21-10)22-8-24(12)5-3-18/h1-2,4,6-8H,3,5,18H2,(H2,19,23). The number of fused-ring (bicyclic) bond motifs is 1. The Morgan fingerprint density at radius 1 is 1.20 bits per heavy atom. The third-order valence-electron chi connectivity index (χ3n) is 3.74. The molecular weight excluding hydrogens is 341 g/mol. The number of pyridine rings is 2. The first kappa shape index (κ1) is 15.6. The van der Waals surface area contributed by atoms with Crippen LogP contribution in [-0.2, 0) is 6.54 Å². The summed E-state index contributed by atoms with van der Waals surface area (Å²) >= 11 is 1.18. The van der Waals surface area contributed by atoms with Crippen molar-refractivity contribution in [1.82, 2.24) is 24.5 Å². The Morgan fingerprint density at radius 3 is 2.88 bits per heavy atom. The van der Waals surface area contributed by atoms with Crippen LogP contribution in [0.15, 0.2) is 36.9 Å². The first-order valence-corrected chi connectivity index (χ1v) is 8.37. The van der Waals surface area contributed by atoms with E-state index in [9.17, 15) is 4.39 Å². The fourth-order valence-electron chi connectivity index (χ4n) is 2.63. The Bertz CT molecular complexity index is 1060. The monoisotopic (exact) mass is 355 g/mol. The molecule has 7 nitrogen and oxygen atoms in total. The fourth-order valence-corrected chi connectivity index (χ4v) is 3.47. The second-order valence-electron chi connectivity index (χ2n) is 5.35. The van der Waals surface area contributed by atoms with E-state index in [1.54, 1.807) is 18.6 Å². The second-order valence-corrected chi connectivity index (χ2v) is 6.38. The molecule has 0 saturated heterocycles. The summed E-state index contributed by atoms with van der Waals surface area (Å²) in [6.07, 6.45) is 4.91. The largest absolute Gasteiger partial charge is 0.375 e. The molecule has 0 bridgehead atoms. The molecule has 4 aromatic rings. The third kappa shape index (κ3) is 2.73. The second kappa shape index (κ2) is 6.19. The summed E-state index contributed by atoms with van der Waals surface area (Å²) in [5.41, 5.74) is 14.4. The highest BCUT2D eigenvalue weighted by molar-refractivity contribution is 7.19. The number of halogens is 1. The maximum absolute atomic E-state index is 14.2. The Kier molecular flexibility index (Phi) is 3.86. The first-order chi connectivity index (χ1) is 12.2. The van der Waals surface area contributed by atoms with Crippen molar-refractivity contribution in [2.45, 2.75) is 6.54 Å². The molecule has 0 spiro atoms. The van der Waals surface area contributed by atoms with Crippen molar-refractivity contribution >= 4 is 27.5 Å². The van der Waals surface area contributed by atoms with Crippen LogP contribution in [0.2, 0.25) is 0 Å². The van der Waals surface area contributed by atoms with Crippen molar-refractivity contribution in [3.05, 3.63) is 42.7 Å². The molecule has 0 fully saturated rings. The molecule has 0 aromatic carbocycles. The van der Waals surface area contributed by atoms with E-state index in [0.717, 1.165) is 11.0 Å². The molecule has 0 aliphatic rings. The van der Waals surface area contributed by atoms with E-state index in [1.807, 2.05) is 10.6 Å². The lowest BCUT2D eigenvalue weighted by atomic mass is 10.2. The van der Waals surface area contributed by atoms with Crippen molar-refractivity contribution in [2.75, 3.05) is 12.3 Å². The summed E-state index contributed by atoms with van der Waals surface area (Å²) < 4.78 is 16.1. The summed E-state index contributed by atoms with van der Waals surface area (Å²) in [6, 6.07) is 4.75. The average Bonchev–Trinajstić information content (AvgIpc) is 3.19. The van der Waals surface area contributed by atoms with Gasteiger partial charge in [-0.15, -0.1) is 0 Å². The van der Waals surface area contributed by atoms with Crippen molar-refractivity contribution in [1.29, 1.82) is 0 Å². The number of nitrogen functional groups attached to an aromatic ring is 1. The van der Waals surface area contributed by atoms with Crippen molar-refractivity contribution in [2.24, 2.45) is 5.73 Å². The zero-order chi connectivity index (χ0) is 17.4. The van der Waals surface area contributed by atoms with Gasteiger partial charge in [0.2, 0.25) is 0 Å². The SMILES string of the molecule is NCCn1cnc2cnc(-c3nc(N)sc3-c3ncccc3F)cc21. The highest BCUT2D eigenvalue weighted by Gasteiger charge is 2.19. The molecule has 4 N–H and O–H groups in total. The Labute approximate surface area is 146 Å². The van der Waals surface area contributed by atoms with Crippen LogP contribution in [0.25, 0.3) is 33.0 Å². The van der Waals surface area contributed by atoms with Crippen molar-refractivity contribution < 1.29 is 4.39 Å². The number of hydrogen-bond acceptors (Lipinski definition) is 7. The Morgan fingerprint density at radius 2 is 2.08 bits per heavy atom. The van der Waals surface area contributed by atoms with Gasteiger partial charge in [-0.1, -0.05) is 11.3 Å². The van der Waals surface area contributed by atoms with Crippen LogP contribution in [0.3, 0.4) is 0 Å². The van der Waals surface area contributed by atoms with Gasteiger partial charge in [0.1, 0.15) is 22.7 Å². The van der Waals surface area contributed by atoms with Crippen LogP contribution in [-0.4, -0.2) is 31.0 Å². The van der Waals surface area contributed by atoms with Gasteiger partial charge in [0.15, 0.2) is 5.13 Å². The molecule has 9 heteroatoms. The predicted octanol–water partition coefficient (Wildman–Crippen LogP) is 2.30. The van der Waals surface area contributed by atoms with Gasteiger partial charge in [-0.25, -0.2) is 14.4 Å². The zero-order valence-electron chi connectivity index (χ0n) is 13.1. The molecule has 4 rings (SSSR count). The quantitative estimate of drug-likeness (QED) is 0.581. The van der Waals surface area contributed by atoms with Gasteiger partial charge < -0.3 is 16.0 Å². The van der Waals surface area contributed by atoms with Crippen LogP contribution in [0, 0.1) is 5.82 Å². The van der Waals surface area contributed by atoms with E-state index < -0.39 is 5.82 Å². The molecule has 0 amide bonds. The Hall–Kier alpha value is -2.91. The molecule has 0 unspecified atom stereocenters. The highest BCUT2D eigenvalue weighted by atomic mass is 32.1. The molecule has 0 atom stereocenters. The molecule has 126 valence electrons. The Balaban J connectivity index is 1.89.